The van der Waals surface area contributed by atoms with Crippen molar-refractivity contribution in [3.05, 3.63) is 63.6 Å². The minimum Gasteiger partial charge on any atom is -0.496 e. The van der Waals surface area contributed by atoms with Crippen molar-refractivity contribution in [2.24, 2.45) is 0 Å². The highest BCUT2D eigenvalue weighted by molar-refractivity contribution is 9.10. The molecule has 0 aliphatic heterocycles. The van der Waals surface area contributed by atoms with Crippen LogP contribution in [0, 0.1) is 6.92 Å². The Labute approximate surface area is 145 Å². The van der Waals surface area contributed by atoms with E-state index in [1.165, 1.54) is 0 Å². The van der Waals surface area contributed by atoms with Crippen molar-refractivity contribution in [2.45, 2.75) is 13.5 Å². The summed E-state index contributed by atoms with van der Waals surface area (Å²) in [5, 5.41) is 6.21. The maximum atomic E-state index is 11.9. The molecule has 2 aromatic carbocycles. The number of hydrogen-bond acceptors (Lipinski definition) is 3. The second-order valence-corrected chi connectivity index (χ2v) is 6.12. The highest BCUT2D eigenvalue weighted by atomic mass is 79.9. The summed E-state index contributed by atoms with van der Waals surface area (Å²) < 4.78 is 6.14. The van der Waals surface area contributed by atoms with Crippen molar-refractivity contribution in [3.63, 3.8) is 0 Å². The zero-order valence-corrected chi connectivity index (χ0v) is 14.9. The van der Waals surface area contributed by atoms with Crippen molar-refractivity contribution in [1.29, 1.82) is 0 Å². The third-order valence-corrected chi connectivity index (χ3v) is 4.07. The first-order valence-electron chi connectivity index (χ1n) is 7.48. The molecule has 2 rings (SSSR count). The smallest absolute Gasteiger partial charge is 0.251 e. The van der Waals surface area contributed by atoms with Gasteiger partial charge in [0.2, 0.25) is 0 Å². The molecular formula is C18H21BrN2O2. The minimum absolute atomic E-state index is 0.0426. The van der Waals surface area contributed by atoms with Gasteiger partial charge in [0.25, 0.3) is 5.91 Å². The normalized spacial score (nSPS) is 10.4. The van der Waals surface area contributed by atoms with Crippen LogP contribution < -0.4 is 15.4 Å². The molecule has 0 atom stereocenters. The third kappa shape index (κ3) is 5.37. The molecule has 0 radical (unpaired) electrons. The maximum Gasteiger partial charge on any atom is 0.251 e. The van der Waals surface area contributed by atoms with E-state index in [0.717, 1.165) is 27.9 Å². The lowest BCUT2D eigenvalue weighted by molar-refractivity contribution is 0.0954. The molecule has 0 aliphatic rings. The highest BCUT2D eigenvalue weighted by Gasteiger charge is 2.04. The number of amides is 1. The Morgan fingerprint density at radius 3 is 2.52 bits per heavy atom. The van der Waals surface area contributed by atoms with Gasteiger partial charge in [-0.3, -0.25) is 4.79 Å². The number of carbonyl (C=O) groups excluding carboxylic acids is 1. The largest absolute Gasteiger partial charge is 0.496 e. The van der Waals surface area contributed by atoms with Crippen molar-refractivity contribution >= 4 is 21.8 Å². The number of methoxy groups -OCH3 is 1. The Balaban J connectivity index is 1.70. The van der Waals surface area contributed by atoms with E-state index in [4.69, 9.17) is 4.74 Å². The van der Waals surface area contributed by atoms with Crippen LogP contribution in [-0.4, -0.2) is 26.1 Å². The van der Waals surface area contributed by atoms with Crippen LogP contribution in [0.1, 0.15) is 21.5 Å². The van der Waals surface area contributed by atoms with Gasteiger partial charge in [-0.05, 0) is 52.7 Å². The molecule has 23 heavy (non-hydrogen) atoms. The summed E-state index contributed by atoms with van der Waals surface area (Å²) >= 11 is 3.47. The van der Waals surface area contributed by atoms with Crippen LogP contribution in [-0.2, 0) is 6.54 Å². The van der Waals surface area contributed by atoms with Crippen LogP contribution in [0.5, 0.6) is 5.75 Å². The predicted molar refractivity (Wildman–Crippen MR) is 95.9 cm³/mol. The lowest BCUT2D eigenvalue weighted by Gasteiger charge is -2.09. The van der Waals surface area contributed by atoms with Gasteiger partial charge in [0.05, 0.1) is 11.6 Å². The SMILES string of the molecule is COc1ccc(CNCCNC(=O)c2ccc(C)cc2)cc1Br. The number of hydrogen-bond donors (Lipinski definition) is 2. The molecule has 0 saturated carbocycles. The molecule has 122 valence electrons. The van der Waals surface area contributed by atoms with Gasteiger partial charge in [-0.25, -0.2) is 0 Å². The molecule has 4 nitrogen and oxygen atoms in total. The van der Waals surface area contributed by atoms with Crippen LogP contribution in [0.25, 0.3) is 0 Å². The van der Waals surface area contributed by atoms with Crippen LogP contribution in [0.2, 0.25) is 0 Å². The van der Waals surface area contributed by atoms with Crippen molar-refractivity contribution in [2.75, 3.05) is 20.2 Å². The molecule has 0 aliphatic carbocycles. The number of halogens is 1. The number of rotatable bonds is 7. The molecule has 0 heterocycles. The Morgan fingerprint density at radius 1 is 1.13 bits per heavy atom. The van der Waals surface area contributed by atoms with Gasteiger partial charge >= 0.3 is 0 Å². The monoisotopic (exact) mass is 376 g/mol. The van der Waals surface area contributed by atoms with Crippen molar-refractivity contribution < 1.29 is 9.53 Å². The zero-order chi connectivity index (χ0) is 16.7. The quantitative estimate of drug-likeness (QED) is 0.729. The van der Waals surface area contributed by atoms with Crippen LogP contribution in [0.15, 0.2) is 46.9 Å². The summed E-state index contributed by atoms with van der Waals surface area (Å²) in [5.41, 5.74) is 2.99. The second-order valence-electron chi connectivity index (χ2n) is 5.27. The van der Waals surface area contributed by atoms with E-state index in [9.17, 15) is 4.79 Å². The van der Waals surface area contributed by atoms with E-state index in [2.05, 4.69) is 26.6 Å². The van der Waals surface area contributed by atoms with Gasteiger partial charge < -0.3 is 15.4 Å². The fraction of sp³-hybridized carbons (Fsp3) is 0.278. The summed E-state index contributed by atoms with van der Waals surface area (Å²) in [6.45, 7) is 4.04. The van der Waals surface area contributed by atoms with E-state index < -0.39 is 0 Å². The molecule has 0 aromatic heterocycles. The van der Waals surface area contributed by atoms with Crippen LogP contribution >= 0.6 is 15.9 Å². The maximum absolute atomic E-state index is 11.9. The third-order valence-electron chi connectivity index (χ3n) is 3.45. The molecular weight excluding hydrogens is 356 g/mol. The van der Waals surface area contributed by atoms with E-state index in [-0.39, 0.29) is 5.91 Å². The molecule has 1 amide bonds. The molecule has 5 heteroatoms. The first kappa shape index (κ1) is 17.5. The standard InChI is InChI=1S/C18H21BrN2O2/c1-13-3-6-15(7-4-13)18(22)21-10-9-20-12-14-5-8-17(23-2)16(19)11-14/h3-8,11,20H,9-10,12H2,1-2H3,(H,21,22). The topological polar surface area (TPSA) is 50.4 Å². The van der Waals surface area contributed by atoms with E-state index in [1.54, 1.807) is 7.11 Å². The van der Waals surface area contributed by atoms with Gasteiger partial charge in [0, 0.05) is 25.2 Å². The molecule has 2 N–H and O–H groups in total. The van der Waals surface area contributed by atoms with Crippen molar-refractivity contribution in [1.82, 2.24) is 10.6 Å². The lowest BCUT2D eigenvalue weighted by Crippen LogP contribution is -2.31. The molecule has 0 saturated heterocycles. The highest BCUT2D eigenvalue weighted by Crippen LogP contribution is 2.25. The first-order valence-corrected chi connectivity index (χ1v) is 8.27. The summed E-state index contributed by atoms with van der Waals surface area (Å²) in [7, 11) is 1.65. The van der Waals surface area contributed by atoms with E-state index in [0.29, 0.717) is 18.7 Å². The number of carbonyl (C=O) groups is 1. The van der Waals surface area contributed by atoms with Gasteiger partial charge in [0.1, 0.15) is 5.75 Å². The number of benzene rings is 2. The Hall–Kier alpha value is -1.85. The average molecular weight is 377 g/mol. The van der Waals surface area contributed by atoms with Gasteiger partial charge in [-0.1, -0.05) is 23.8 Å². The van der Waals surface area contributed by atoms with Crippen LogP contribution in [0.4, 0.5) is 0 Å². The Bertz CT molecular complexity index is 657. The molecule has 0 fully saturated rings. The molecule has 2 aromatic rings. The van der Waals surface area contributed by atoms with Crippen LogP contribution in [0.3, 0.4) is 0 Å². The fourth-order valence-electron chi connectivity index (χ4n) is 2.12. The Morgan fingerprint density at radius 2 is 1.87 bits per heavy atom. The average Bonchev–Trinajstić information content (AvgIpc) is 2.55. The number of aryl methyl sites for hydroxylation is 1. The summed E-state index contributed by atoms with van der Waals surface area (Å²) in [6.07, 6.45) is 0. The first-order chi connectivity index (χ1) is 11.1. The second kappa shape index (κ2) is 8.70. The lowest BCUT2D eigenvalue weighted by atomic mass is 10.1. The molecule has 0 unspecified atom stereocenters. The van der Waals surface area contributed by atoms with E-state index in [1.807, 2.05) is 49.4 Å². The van der Waals surface area contributed by atoms with Crippen molar-refractivity contribution in [3.8, 4) is 5.75 Å². The fourth-order valence-corrected chi connectivity index (χ4v) is 2.71. The van der Waals surface area contributed by atoms with Gasteiger partial charge in [-0.2, -0.15) is 0 Å². The number of nitrogens with one attached hydrogen (secondary N) is 2. The minimum atomic E-state index is -0.0426. The summed E-state index contributed by atoms with van der Waals surface area (Å²) in [5.74, 6) is 0.776. The molecule has 0 spiro atoms. The summed E-state index contributed by atoms with van der Waals surface area (Å²) in [4.78, 5) is 11.9. The Kier molecular flexibility index (Phi) is 6.62. The predicted octanol–water partition coefficient (Wildman–Crippen LogP) is 3.29. The zero-order valence-electron chi connectivity index (χ0n) is 13.4. The van der Waals surface area contributed by atoms with E-state index >= 15 is 0 Å². The van der Waals surface area contributed by atoms with Gasteiger partial charge in [0.15, 0.2) is 0 Å². The summed E-state index contributed by atoms with van der Waals surface area (Å²) in [6, 6.07) is 13.5. The van der Waals surface area contributed by atoms with Gasteiger partial charge in [-0.15, -0.1) is 0 Å². The number of ether oxygens (including phenoxy) is 1. The molecule has 0 bridgehead atoms.